The van der Waals surface area contributed by atoms with Gasteiger partial charge in [0.2, 0.25) is 0 Å². The van der Waals surface area contributed by atoms with Gasteiger partial charge in [-0.1, -0.05) is 23.8 Å². The maximum Gasteiger partial charge on any atom is 0.418 e. The highest BCUT2D eigenvalue weighted by Gasteiger charge is 2.21. The third-order valence-electron chi connectivity index (χ3n) is 3.90. The Kier molecular flexibility index (Phi) is 4.73. The minimum atomic E-state index is -3.74. The van der Waals surface area contributed by atoms with Crippen molar-refractivity contribution in [3.63, 3.8) is 0 Å². The van der Waals surface area contributed by atoms with Gasteiger partial charge in [0.15, 0.2) is 0 Å². The molecule has 0 amide bonds. The van der Waals surface area contributed by atoms with Crippen LogP contribution in [0.1, 0.15) is 26.3 Å². The molecule has 142 valence electrons. The highest BCUT2D eigenvalue weighted by Crippen LogP contribution is 2.27. The lowest BCUT2D eigenvalue weighted by atomic mass is 10.2. The normalized spacial score (nSPS) is 12.1. The van der Waals surface area contributed by atoms with E-state index in [2.05, 4.69) is 4.72 Å². The van der Waals surface area contributed by atoms with E-state index in [9.17, 15) is 13.2 Å². The Morgan fingerprint density at radius 1 is 1.04 bits per heavy atom. The van der Waals surface area contributed by atoms with Gasteiger partial charge < -0.3 is 4.74 Å². The van der Waals surface area contributed by atoms with Crippen LogP contribution in [-0.4, -0.2) is 24.7 Å². The van der Waals surface area contributed by atoms with Gasteiger partial charge >= 0.3 is 6.09 Å². The van der Waals surface area contributed by atoms with E-state index < -0.39 is 21.7 Å². The average molecular weight is 386 g/mol. The second-order valence-corrected chi connectivity index (χ2v) is 9.01. The Morgan fingerprint density at radius 3 is 2.33 bits per heavy atom. The number of ether oxygens (including phenoxy) is 1. The summed E-state index contributed by atoms with van der Waals surface area (Å²) in [5, 5.41) is 0.610. The van der Waals surface area contributed by atoms with Crippen LogP contribution < -0.4 is 4.72 Å². The third kappa shape index (κ3) is 4.14. The number of sulfonamides is 1. The quantitative estimate of drug-likeness (QED) is 0.717. The molecule has 0 atom stereocenters. The summed E-state index contributed by atoms with van der Waals surface area (Å²) in [5.41, 5.74) is 1.31. The fraction of sp³-hybridized carbons (Fsp3) is 0.250. The van der Waals surface area contributed by atoms with E-state index in [1.807, 2.05) is 6.92 Å². The maximum atomic E-state index is 12.7. The number of anilines is 1. The van der Waals surface area contributed by atoms with E-state index in [0.29, 0.717) is 16.6 Å². The van der Waals surface area contributed by atoms with Crippen molar-refractivity contribution in [3.05, 3.63) is 60.3 Å². The summed E-state index contributed by atoms with van der Waals surface area (Å²) in [5.74, 6) is 0. The lowest BCUT2D eigenvalue weighted by molar-refractivity contribution is 0.0544. The Balaban J connectivity index is 1.97. The molecular formula is C20H22N2O4S. The number of rotatable bonds is 3. The topological polar surface area (TPSA) is 77.4 Å². The molecule has 0 saturated carbocycles. The molecule has 3 rings (SSSR count). The van der Waals surface area contributed by atoms with Gasteiger partial charge in [0.1, 0.15) is 5.60 Å². The largest absolute Gasteiger partial charge is 0.443 e. The van der Waals surface area contributed by atoms with E-state index in [0.717, 1.165) is 5.56 Å². The Bertz CT molecular complexity index is 1090. The number of hydrogen-bond donors (Lipinski definition) is 1. The molecule has 0 radical (unpaired) electrons. The number of nitrogens with zero attached hydrogens (tertiary/aromatic N) is 1. The minimum Gasteiger partial charge on any atom is -0.443 e. The second-order valence-electron chi connectivity index (χ2n) is 7.32. The SMILES string of the molecule is Cc1ccc(S(=O)(=O)Nc2cccc3c2ccn3C(=O)OC(C)(C)C)cc1. The number of carbonyl (C=O) groups is 1. The molecule has 0 unspecified atom stereocenters. The van der Waals surface area contributed by atoms with E-state index in [4.69, 9.17) is 4.74 Å². The molecule has 0 aliphatic rings. The summed E-state index contributed by atoms with van der Waals surface area (Å²) in [6.07, 6.45) is 1.05. The molecule has 27 heavy (non-hydrogen) atoms. The number of aromatic nitrogens is 1. The van der Waals surface area contributed by atoms with Crippen LogP contribution in [-0.2, 0) is 14.8 Å². The van der Waals surface area contributed by atoms with Crippen LogP contribution in [0.25, 0.3) is 10.9 Å². The first-order valence-corrected chi connectivity index (χ1v) is 9.98. The number of carbonyl (C=O) groups excluding carboxylic acids is 1. The lowest BCUT2D eigenvalue weighted by Gasteiger charge is -2.19. The predicted molar refractivity (Wildman–Crippen MR) is 106 cm³/mol. The molecule has 7 heteroatoms. The fourth-order valence-corrected chi connectivity index (χ4v) is 3.73. The van der Waals surface area contributed by atoms with Crippen LogP contribution >= 0.6 is 0 Å². The monoisotopic (exact) mass is 386 g/mol. The van der Waals surface area contributed by atoms with Crippen LogP contribution in [0.5, 0.6) is 0 Å². The van der Waals surface area contributed by atoms with Crippen molar-refractivity contribution in [2.75, 3.05) is 4.72 Å². The lowest BCUT2D eigenvalue weighted by Crippen LogP contribution is -2.26. The Hall–Kier alpha value is -2.80. The van der Waals surface area contributed by atoms with E-state index in [1.165, 1.54) is 4.57 Å². The summed E-state index contributed by atoms with van der Waals surface area (Å²) in [4.78, 5) is 12.6. The van der Waals surface area contributed by atoms with Crippen molar-refractivity contribution >= 4 is 32.7 Å². The van der Waals surface area contributed by atoms with E-state index in [1.54, 1.807) is 75.5 Å². The van der Waals surface area contributed by atoms with Crippen LogP contribution in [0.3, 0.4) is 0 Å². The molecule has 2 aromatic carbocycles. The zero-order valence-electron chi connectivity index (χ0n) is 15.7. The molecule has 0 aliphatic heterocycles. The summed E-state index contributed by atoms with van der Waals surface area (Å²) in [6.45, 7) is 7.26. The van der Waals surface area contributed by atoms with Crippen LogP contribution in [0.4, 0.5) is 10.5 Å². The summed E-state index contributed by atoms with van der Waals surface area (Å²) in [6, 6.07) is 13.4. The van der Waals surface area contributed by atoms with Crippen molar-refractivity contribution in [1.82, 2.24) is 4.57 Å². The van der Waals surface area contributed by atoms with E-state index >= 15 is 0 Å². The zero-order chi connectivity index (χ0) is 19.8. The standard InChI is InChI=1S/C20H22N2O4S/c1-14-8-10-15(11-9-14)27(24,25)21-17-6-5-7-18-16(17)12-13-22(18)19(23)26-20(2,3)4/h5-13,21H,1-4H3. The van der Waals surface area contributed by atoms with Gasteiger partial charge in [-0.2, -0.15) is 0 Å². The molecule has 0 spiro atoms. The first kappa shape index (κ1) is 19.0. The smallest absolute Gasteiger partial charge is 0.418 e. The third-order valence-corrected chi connectivity index (χ3v) is 5.28. The number of benzene rings is 2. The van der Waals surface area contributed by atoms with Crippen molar-refractivity contribution in [3.8, 4) is 0 Å². The summed E-state index contributed by atoms with van der Waals surface area (Å²) in [7, 11) is -3.74. The highest BCUT2D eigenvalue weighted by molar-refractivity contribution is 7.92. The zero-order valence-corrected chi connectivity index (χ0v) is 16.5. The minimum absolute atomic E-state index is 0.177. The van der Waals surface area contributed by atoms with Crippen LogP contribution in [0.2, 0.25) is 0 Å². The van der Waals surface area contributed by atoms with Gasteiger partial charge in [0, 0.05) is 11.6 Å². The van der Waals surface area contributed by atoms with E-state index in [-0.39, 0.29) is 4.90 Å². The van der Waals surface area contributed by atoms with Crippen molar-refractivity contribution in [1.29, 1.82) is 0 Å². The van der Waals surface area contributed by atoms with Gasteiger partial charge in [0.25, 0.3) is 10.0 Å². The van der Waals surface area contributed by atoms with Gasteiger partial charge in [-0.3, -0.25) is 9.29 Å². The molecule has 0 aliphatic carbocycles. The average Bonchev–Trinajstić information content (AvgIpc) is 2.98. The van der Waals surface area contributed by atoms with Gasteiger partial charge in [-0.15, -0.1) is 0 Å². The number of hydrogen-bond acceptors (Lipinski definition) is 4. The maximum absolute atomic E-state index is 12.7. The molecule has 1 aromatic heterocycles. The number of nitrogens with one attached hydrogen (secondary N) is 1. The van der Waals surface area contributed by atoms with Gasteiger partial charge in [-0.05, 0) is 58.0 Å². The molecule has 0 saturated heterocycles. The number of aryl methyl sites for hydroxylation is 1. The number of fused-ring (bicyclic) bond motifs is 1. The summed E-state index contributed by atoms with van der Waals surface area (Å²) >= 11 is 0. The van der Waals surface area contributed by atoms with Crippen molar-refractivity contribution < 1.29 is 17.9 Å². The molecule has 3 aromatic rings. The molecule has 6 nitrogen and oxygen atoms in total. The van der Waals surface area contributed by atoms with Crippen LogP contribution in [0, 0.1) is 6.92 Å². The summed E-state index contributed by atoms with van der Waals surface area (Å²) < 4.78 is 34.7. The molecular weight excluding hydrogens is 364 g/mol. The Labute approximate surface area is 158 Å². The molecule has 1 heterocycles. The molecule has 1 N–H and O–H groups in total. The van der Waals surface area contributed by atoms with Crippen molar-refractivity contribution in [2.24, 2.45) is 0 Å². The first-order chi connectivity index (χ1) is 12.6. The second kappa shape index (κ2) is 6.74. The molecule has 0 bridgehead atoms. The van der Waals surface area contributed by atoms with Crippen molar-refractivity contribution in [2.45, 2.75) is 38.2 Å². The van der Waals surface area contributed by atoms with Crippen LogP contribution in [0.15, 0.2) is 59.6 Å². The van der Waals surface area contributed by atoms with Gasteiger partial charge in [0.05, 0.1) is 16.1 Å². The Morgan fingerprint density at radius 2 is 1.70 bits per heavy atom. The van der Waals surface area contributed by atoms with Gasteiger partial charge in [-0.25, -0.2) is 13.2 Å². The highest BCUT2D eigenvalue weighted by atomic mass is 32.2. The predicted octanol–water partition coefficient (Wildman–Crippen LogP) is 4.53. The fourth-order valence-electron chi connectivity index (χ4n) is 2.65. The molecule has 0 fully saturated rings. The first-order valence-electron chi connectivity index (χ1n) is 8.50.